The summed E-state index contributed by atoms with van der Waals surface area (Å²) in [6.45, 7) is 4.36. The van der Waals surface area contributed by atoms with Gasteiger partial charge in [-0.1, -0.05) is 38.5 Å². The molecule has 1 aromatic carbocycles. The lowest BCUT2D eigenvalue weighted by molar-refractivity contribution is -0.142. The summed E-state index contributed by atoms with van der Waals surface area (Å²) in [7, 11) is 0. The number of carboxylic acids is 1. The van der Waals surface area contributed by atoms with Gasteiger partial charge in [0.25, 0.3) is 0 Å². The van der Waals surface area contributed by atoms with Crippen LogP contribution in [-0.4, -0.2) is 17.1 Å². The number of aliphatic carboxylic acids is 1. The molecular formula is C16H23NO2. The van der Waals surface area contributed by atoms with Gasteiger partial charge in [-0.25, -0.2) is 0 Å². The lowest BCUT2D eigenvalue weighted by atomic mass is 9.85. The average Bonchev–Trinajstić information content (AvgIpc) is 2.39. The quantitative estimate of drug-likeness (QED) is 0.865. The van der Waals surface area contributed by atoms with Crippen LogP contribution in [0.5, 0.6) is 0 Å². The van der Waals surface area contributed by atoms with Crippen LogP contribution in [0.2, 0.25) is 0 Å². The number of rotatable bonds is 4. The number of anilines is 1. The van der Waals surface area contributed by atoms with Crippen molar-refractivity contribution < 1.29 is 9.90 Å². The van der Waals surface area contributed by atoms with Crippen LogP contribution in [-0.2, 0) is 4.79 Å². The van der Waals surface area contributed by atoms with Crippen molar-refractivity contribution in [1.29, 1.82) is 0 Å². The van der Waals surface area contributed by atoms with Crippen LogP contribution in [0, 0.1) is 5.92 Å². The molecule has 1 aromatic rings. The minimum Gasteiger partial charge on any atom is -0.481 e. The molecule has 0 spiro atoms. The maximum absolute atomic E-state index is 11.1. The molecule has 104 valence electrons. The number of benzene rings is 1. The van der Waals surface area contributed by atoms with Crippen LogP contribution in [0.25, 0.3) is 0 Å². The molecule has 2 rings (SSSR count). The second-order valence-corrected chi connectivity index (χ2v) is 5.78. The molecule has 2 atom stereocenters. The number of hydrogen-bond donors (Lipinski definition) is 2. The van der Waals surface area contributed by atoms with E-state index in [-0.39, 0.29) is 12.0 Å². The lowest BCUT2D eigenvalue weighted by Crippen LogP contribution is -2.31. The number of hydrogen-bond acceptors (Lipinski definition) is 2. The zero-order valence-corrected chi connectivity index (χ0v) is 11.7. The highest BCUT2D eigenvalue weighted by Gasteiger charge is 2.27. The van der Waals surface area contributed by atoms with Gasteiger partial charge in [0.1, 0.15) is 0 Å². The summed E-state index contributed by atoms with van der Waals surface area (Å²) in [5, 5.41) is 12.7. The van der Waals surface area contributed by atoms with Crippen LogP contribution in [0.1, 0.15) is 51.0 Å². The second kappa shape index (κ2) is 6.09. The van der Waals surface area contributed by atoms with Gasteiger partial charge in [0.15, 0.2) is 0 Å². The van der Waals surface area contributed by atoms with Crippen LogP contribution in [0.15, 0.2) is 24.3 Å². The highest BCUT2D eigenvalue weighted by molar-refractivity contribution is 5.70. The van der Waals surface area contributed by atoms with Crippen molar-refractivity contribution in [3.8, 4) is 0 Å². The molecule has 0 aliphatic heterocycles. The molecule has 0 amide bonds. The molecule has 1 aliphatic rings. The van der Waals surface area contributed by atoms with E-state index in [1.807, 2.05) is 6.07 Å². The van der Waals surface area contributed by atoms with E-state index in [1.165, 1.54) is 5.56 Å². The minimum absolute atomic E-state index is 0.183. The first-order valence-electron chi connectivity index (χ1n) is 7.16. The van der Waals surface area contributed by atoms with Crippen molar-refractivity contribution >= 4 is 11.7 Å². The third kappa shape index (κ3) is 3.49. The Balaban J connectivity index is 2.06. The van der Waals surface area contributed by atoms with Gasteiger partial charge >= 0.3 is 5.97 Å². The van der Waals surface area contributed by atoms with Crippen LogP contribution >= 0.6 is 0 Å². The van der Waals surface area contributed by atoms with Gasteiger partial charge in [-0.2, -0.15) is 0 Å². The topological polar surface area (TPSA) is 49.3 Å². The molecule has 0 aromatic heterocycles. The lowest BCUT2D eigenvalue weighted by Gasteiger charge is -2.29. The molecule has 1 saturated carbocycles. The van der Waals surface area contributed by atoms with Crippen molar-refractivity contribution in [3.05, 3.63) is 29.8 Å². The predicted molar refractivity (Wildman–Crippen MR) is 77.5 cm³/mol. The summed E-state index contributed by atoms with van der Waals surface area (Å²) in [6, 6.07) is 8.62. The number of carbonyl (C=O) groups is 1. The Labute approximate surface area is 115 Å². The molecular weight excluding hydrogens is 238 g/mol. The van der Waals surface area contributed by atoms with Gasteiger partial charge in [0, 0.05) is 11.7 Å². The minimum atomic E-state index is -0.649. The Morgan fingerprint density at radius 3 is 2.74 bits per heavy atom. The standard InChI is InChI=1S/C16H23NO2/c1-11(2)14-8-3-4-9-15(14)17-13-7-5-6-12(10-13)16(18)19/h3-4,8-9,11-13,17H,5-7,10H2,1-2H3,(H,18,19). The van der Waals surface area contributed by atoms with Crippen molar-refractivity contribution in [2.45, 2.75) is 51.5 Å². The molecule has 1 aliphatic carbocycles. The van der Waals surface area contributed by atoms with Crippen molar-refractivity contribution in [3.63, 3.8) is 0 Å². The summed E-state index contributed by atoms with van der Waals surface area (Å²) in [5.74, 6) is -0.358. The third-order valence-corrected chi connectivity index (χ3v) is 3.97. The van der Waals surface area contributed by atoms with Gasteiger partial charge in [-0.15, -0.1) is 0 Å². The van der Waals surface area contributed by atoms with Gasteiger partial charge < -0.3 is 10.4 Å². The van der Waals surface area contributed by atoms with E-state index in [9.17, 15) is 4.79 Å². The summed E-state index contributed by atoms with van der Waals surface area (Å²) < 4.78 is 0. The van der Waals surface area contributed by atoms with E-state index in [0.717, 1.165) is 31.4 Å². The zero-order chi connectivity index (χ0) is 13.8. The number of carboxylic acid groups (broad SMARTS) is 1. The Kier molecular flexibility index (Phi) is 4.46. The van der Waals surface area contributed by atoms with E-state index in [0.29, 0.717) is 5.92 Å². The fraction of sp³-hybridized carbons (Fsp3) is 0.562. The molecule has 0 radical (unpaired) electrons. The van der Waals surface area contributed by atoms with E-state index in [1.54, 1.807) is 0 Å². The van der Waals surface area contributed by atoms with Gasteiger partial charge in [-0.05, 0) is 36.8 Å². The fourth-order valence-electron chi connectivity index (χ4n) is 2.90. The first-order valence-corrected chi connectivity index (χ1v) is 7.16. The van der Waals surface area contributed by atoms with Gasteiger partial charge in [0.05, 0.1) is 5.92 Å². The van der Waals surface area contributed by atoms with Crippen LogP contribution in [0.4, 0.5) is 5.69 Å². The highest BCUT2D eigenvalue weighted by atomic mass is 16.4. The number of para-hydroxylation sites is 1. The second-order valence-electron chi connectivity index (χ2n) is 5.78. The molecule has 0 saturated heterocycles. The zero-order valence-electron chi connectivity index (χ0n) is 11.7. The van der Waals surface area contributed by atoms with Gasteiger partial charge in [0.2, 0.25) is 0 Å². The van der Waals surface area contributed by atoms with E-state index < -0.39 is 5.97 Å². The van der Waals surface area contributed by atoms with Crippen molar-refractivity contribution in [2.75, 3.05) is 5.32 Å². The first-order chi connectivity index (χ1) is 9.08. The van der Waals surface area contributed by atoms with E-state index in [2.05, 4.69) is 37.4 Å². The monoisotopic (exact) mass is 261 g/mol. The molecule has 3 heteroatoms. The summed E-state index contributed by atoms with van der Waals surface area (Å²) in [6.07, 6.45) is 3.62. The molecule has 2 N–H and O–H groups in total. The molecule has 2 unspecified atom stereocenters. The summed E-state index contributed by atoms with van der Waals surface area (Å²) >= 11 is 0. The Bertz CT molecular complexity index is 442. The highest BCUT2D eigenvalue weighted by Crippen LogP contribution is 2.30. The maximum atomic E-state index is 11.1. The normalized spacial score (nSPS) is 23.3. The van der Waals surface area contributed by atoms with Crippen LogP contribution in [0.3, 0.4) is 0 Å². The first kappa shape index (κ1) is 13.9. The molecule has 3 nitrogen and oxygen atoms in total. The molecule has 19 heavy (non-hydrogen) atoms. The van der Waals surface area contributed by atoms with Gasteiger partial charge in [-0.3, -0.25) is 4.79 Å². The Morgan fingerprint density at radius 1 is 1.32 bits per heavy atom. The Morgan fingerprint density at radius 2 is 2.05 bits per heavy atom. The largest absolute Gasteiger partial charge is 0.481 e. The van der Waals surface area contributed by atoms with Crippen molar-refractivity contribution in [2.24, 2.45) is 5.92 Å². The summed E-state index contributed by atoms with van der Waals surface area (Å²) in [4.78, 5) is 11.1. The Hall–Kier alpha value is -1.51. The smallest absolute Gasteiger partial charge is 0.306 e. The fourth-order valence-corrected chi connectivity index (χ4v) is 2.90. The van der Waals surface area contributed by atoms with Crippen molar-refractivity contribution in [1.82, 2.24) is 0 Å². The average molecular weight is 261 g/mol. The SMILES string of the molecule is CC(C)c1ccccc1NC1CCCC(C(=O)O)C1. The van der Waals surface area contributed by atoms with E-state index in [4.69, 9.17) is 5.11 Å². The van der Waals surface area contributed by atoms with Crippen LogP contribution < -0.4 is 5.32 Å². The molecule has 1 fully saturated rings. The summed E-state index contributed by atoms with van der Waals surface area (Å²) in [5.41, 5.74) is 2.47. The van der Waals surface area contributed by atoms with E-state index >= 15 is 0 Å². The third-order valence-electron chi connectivity index (χ3n) is 3.97. The molecule has 0 bridgehead atoms. The predicted octanol–water partition coefficient (Wildman–Crippen LogP) is 3.87. The molecule has 0 heterocycles. The number of nitrogens with one attached hydrogen (secondary N) is 1. The maximum Gasteiger partial charge on any atom is 0.306 e.